The van der Waals surface area contributed by atoms with Gasteiger partial charge in [0.2, 0.25) is 0 Å². The first-order valence-corrected chi connectivity index (χ1v) is 6.84. The van der Waals surface area contributed by atoms with Crippen LogP contribution in [0.3, 0.4) is 0 Å². The summed E-state index contributed by atoms with van der Waals surface area (Å²) in [5.74, 6) is -1.27. The molecule has 1 fully saturated rings. The Kier molecular flexibility index (Phi) is 2.76. The fraction of sp³-hybridized carbons (Fsp3) is 0.375. The Hall–Kier alpha value is -2.86. The van der Waals surface area contributed by atoms with E-state index in [1.165, 1.54) is 6.08 Å². The van der Waals surface area contributed by atoms with E-state index < -0.39 is 27.9 Å². The SMILES string of the molecule is C=CC1CC(C#N)(C#N)[C@H]2c3cc(C)ccc3O[C@@]12[N+](=O)[O-]. The molecule has 1 heterocycles. The van der Waals surface area contributed by atoms with Gasteiger partial charge in [0.05, 0.1) is 23.0 Å². The van der Waals surface area contributed by atoms with Crippen LogP contribution < -0.4 is 4.74 Å². The second kappa shape index (κ2) is 4.32. The van der Waals surface area contributed by atoms with E-state index in [0.717, 1.165) is 5.56 Å². The van der Waals surface area contributed by atoms with Crippen LogP contribution in [-0.4, -0.2) is 10.6 Å². The third-order valence-corrected chi connectivity index (χ3v) is 4.70. The van der Waals surface area contributed by atoms with Crippen LogP contribution in [0.1, 0.15) is 23.5 Å². The van der Waals surface area contributed by atoms with Gasteiger partial charge in [0.25, 0.3) is 0 Å². The first kappa shape index (κ1) is 14.1. The lowest BCUT2D eigenvalue weighted by atomic mass is 9.75. The molecule has 1 aliphatic heterocycles. The first-order chi connectivity index (χ1) is 10.4. The zero-order valence-corrected chi connectivity index (χ0v) is 11.9. The molecule has 3 rings (SSSR count). The Labute approximate surface area is 127 Å². The van der Waals surface area contributed by atoms with E-state index in [0.29, 0.717) is 11.3 Å². The fourth-order valence-electron chi connectivity index (χ4n) is 3.74. The molecule has 1 aromatic carbocycles. The topological polar surface area (TPSA) is 100.0 Å². The highest BCUT2D eigenvalue weighted by Gasteiger charge is 2.76. The number of fused-ring (bicyclic) bond motifs is 3. The van der Waals surface area contributed by atoms with Gasteiger partial charge in [0.1, 0.15) is 11.7 Å². The lowest BCUT2D eigenvalue weighted by Gasteiger charge is -2.25. The van der Waals surface area contributed by atoms with Crippen LogP contribution in [0.25, 0.3) is 0 Å². The van der Waals surface area contributed by atoms with E-state index in [9.17, 15) is 20.6 Å². The summed E-state index contributed by atoms with van der Waals surface area (Å²) in [4.78, 5) is 11.4. The van der Waals surface area contributed by atoms with E-state index in [-0.39, 0.29) is 6.42 Å². The monoisotopic (exact) mass is 295 g/mol. The van der Waals surface area contributed by atoms with Crippen LogP contribution >= 0.6 is 0 Å². The quantitative estimate of drug-likeness (QED) is 0.474. The van der Waals surface area contributed by atoms with Crippen LogP contribution in [-0.2, 0) is 0 Å². The minimum Gasteiger partial charge on any atom is -0.426 e. The molecule has 0 spiro atoms. The van der Waals surface area contributed by atoms with Crippen LogP contribution in [0.4, 0.5) is 0 Å². The van der Waals surface area contributed by atoms with E-state index in [1.807, 2.05) is 19.1 Å². The van der Waals surface area contributed by atoms with Crippen molar-refractivity contribution in [2.75, 3.05) is 0 Å². The van der Waals surface area contributed by atoms with E-state index in [2.05, 4.69) is 6.58 Å². The van der Waals surface area contributed by atoms with Gasteiger partial charge >= 0.3 is 5.72 Å². The van der Waals surface area contributed by atoms with Gasteiger partial charge in [-0.2, -0.15) is 10.5 Å². The average Bonchev–Trinajstić information content (AvgIpc) is 2.99. The number of nitrogens with zero attached hydrogens (tertiary/aromatic N) is 3. The molecule has 0 saturated heterocycles. The molecule has 6 nitrogen and oxygen atoms in total. The summed E-state index contributed by atoms with van der Waals surface area (Å²) in [7, 11) is 0. The van der Waals surface area contributed by atoms with Crippen molar-refractivity contribution >= 4 is 0 Å². The smallest absolute Gasteiger partial charge is 0.378 e. The molecule has 0 aromatic heterocycles. The van der Waals surface area contributed by atoms with Crippen LogP contribution in [0.5, 0.6) is 5.75 Å². The second-order valence-corrected chi connectivity index (χ2v) is 5.83. The number of ether oxygens (including phenoxy) is 1. The summed E-state index contributed by atoms with van der Waals surface area (Å²) in [6.07, 6.45) is 1.47. The van der Waals surface area contributed by atoms with Crippen molar-refractivity contribution in [2.45, 2.75) is 25.0 Å². The van der Waals surface area contributed by atoms with Crippen molar-refractivity contribution in [1.82, 2.24) is 0 Å². The Bertz CT molecular complexity index is 760. The molecule has 3 atom stereocenters. The van der Waals surface area contributed by atoms with Gasteiger partial charge in [-0.05, 0) is 19.4 Å². The molecule has 2 aliphatic rings. The largest absolute Gasteiger partial charge is 0.426 e. The molecule has 1 aromatic rings. The van der Waals surface area contributed by atoms with Crippen LogP contribution in [0, 0.1) is 51.0 Å². The highest BCUT2D eigenvalue weighted by molar-refractivity contribution is 5.51. The van der Waals surface area contributed by atoms with Gasteiger partial charge in [-0.3, -0.25) is 10.1 Å². The molecule has 0 N–H and O–H groups in total. The van der Waals surface area contributed by atoms with Gasteiger partial charge in [-0.15, -0.1) is 6.58 Å². The van der Waals surface area contributed by atoms with Crippen molar-refractivity contribution in [2.24, 2.45) is 11.3 Å². The summed E-state index contributed by atoms with van der Waals surface area (Å²) in [5.41, 5.74) is -1.87. The third-order valence-electron chi connectivity index (χ3n) is 4.70. The zero-order valence-electron chi connectivity index (χ0n) is 11.9. The minimum atomic E-state index is -1.83. The maximum Gasteiger partial charge on any atom is 0.378 e. The Morgan fingerprint density at radius 1 is 1.50 bits per heavy atom. The number of nitriles is 2. The standard InChI is InChI=1S/C16H13N3O3/c1-3-11-7-15(8-17,9-18)14-12-6-10(2)4-5-13(12)22-16(11,14)19(20)21/h3-6,11,14H,1,7H2,2H3/t11?,14-,16+/m1/s1. The van der Waals surface area contributed by atoms with Crippen molar-refractivity contribution < 1.29 is 9.66 Å². The maximum atomic E-state index is 11.9. The lowest BCUT2D eigenvalue weighted by Crippen LogP contribution is -2.49. The summed E-state index contributed by atoms with van der Waals surface area (Å²) >= 11 is 0. The molecule has 1 unspecified atom stereocenters. The minimum absolute atomic E-state index is 0.0442. The summed E-state index contributed by atoms with van der Waals surface area (Å²) in [6.45, 7) is 5.50. The number of aryl methyl sites for hydroxylation is 1. The number of hydrogen-bond acceptors (Lipinski definition) is 5. The number of hydrogen-bond donors (Lipinski definition) is 0. The van der Waals surface area contributed by atoms with Gasteiger partial charge in [0.15, 0.2) is 5.41 Å². The zero-order chi connectivity index (χ0) is 16.1. The number of benzene rings is 1. The maximum absolute atomic E-state index is 11.9. The van der Waals surface area contributed by atoms with Gasteiger partial charge in [-0.25, -0.2) is 0 Å². The molecule has 0 radical (unpaired) electrons. The predicted octanol–water partition coefficient (Wildman–Crippen LogP) is 2.68. The Morgan fingerprint density at radius 3 is 2.73 bits per heavy atom. The highest BCUT2D eigenvalue weighted by Crippen LogP contribution is 2.64. The molecule has 0 amide bonds. The highest BCUT2D eigenvalue weighted by atomic mass is 16.7. The summed E-state index contributed by atoms with van der Waals surface area (Å²) in [6, 6.07) is 9.23. The fourth-order valence-corrected chi connectivity index (χ4v) is 3.74. The molecular formula is C16H13N3O3. The van der Waals surface area contributed by atoms with E-state index >= 15 is 0 Å². The van der Waals surface area contributed by atoms with Crippen LogP contribution in [0.15, 0.2) is 30.9 Å². The van der Waals surface area contributed by atoms with Crippen LogP contribution in [0.2, 0.25) is 0 Å². The molecule has 0 bridgehead atoms. The molecule has 1 aliphatic carbocycles. The molecule has 22 heavy (non-hydrogen) atoms. The Morgan fingerprint density at radius 2 is 2.18 bits per heavy atom. The Balaban J connectivity index is 2.34. The molecular weight excluding hydrogens is 282 g/mol. The molecule has 1 saturated carbocycles. The summed E-state index contributed by atoms with van der Waals surface area (Å²) in [5, 5.41) is 31.0. The van der Waals surface area contributed by atoms with Crippen molar-refractivity contribution in [3.63, 3.8) is 0 Å². The number of nitro groups is 1. The molecule has 6 heteroatoms. The van der Waals surface area contributed by atoms with E-state index in [1.54, 1.807) is 18.2 Å². The third kappa shape index (κ3) is 1.42. The van der Waals surface area contributed by atoms with Gasteiger partial charge < -0.3 is 4.74 Å². The van der Waals surface area contributed by atoms with Crippen molar-refractivity contribution in [1.29, 1.82) is 10.5 Å². The average molecular weight is 295 g/mol. The second-order valence-electron chi connectivity index (χ2n) is 5.83. The first-order valence-electron chi connectivity index (χ1n) is 6.84. The van der Waals surface area contributed by atoms with E-state index in [4.69, 9.17) is 4.74 Å². The summed E-state index contributed by atoms with van der Waals surface area (Å²) < 4.78 is 5.72. The predicted molar refractivity (Wildman–Crippen MR) is 76.2 cm³/mol. The van der Waals surface area contributed by atoms with Crippen molar-refractivity contribution in [3.05, 3.63) is 52.1 Å². The van der Waals surface area contributed by atoms with Gasteiger partial charge in [-0.1, -0.05) is 23.8 Å². The number of rotatable bonds is 2. The molecule has 110 valence electrons. The van der Waals surface area contributed by atoms with Crippen molar-refractivity contribution in [3.8, 4) is 17.9 Å². The normalized spacial score (nSPS) is 30.3. The lowest BCUT2D eigenvalue weighted by molar-refractivity contribution is -0.622. The van der Waals surface area contributed by atoms with Gasteiger partial charge in [0, 0.05) is 5.56 Å².